The van der Waals surface area contributed by atoms with Crippen LogP contribution in [0.15, 0.2) is 47.1 Å². The van der Waals surface area contributed by atoms with Crippen molar-refractivity contribution in [2.24, 2.45) is 0 Å². The van der Waals surface area contributed by atoms with Crippen LogP contribution in [0.5, 0.6) is 0 Å². The second-order valence-electron chi connectivity index (χ2n) is 5.27. The summed E-state index contributed by atoms with van der Waals surface area (Å²) in [4.78, 5) is 11.9. The van der Waals surface area contributed by atoms with E-state index in [0.29, 0.717) is 11.4 Å². The fraction of sp³-hybridized carbons (Fsp3) is 0.267. The van der Waals surface area contributed by atoms with E-state index in [2.05, 4.69) is 5.32 Å². The standard InChI is InChI=1S/C15H16N2O4S/c1-22(19,20)17(13-8-9-13)12-6-4-11(5-7-12)16-15(18)14-3-2-10-21-14/h2-7,10,13H,8-9H2,1H3,(H,16,18). The van der Waals surface area contributed by atoms with E-state index in [4.69, 9.17) is 4.42 Å². The quantitative estimate of drug-likeness (QED) is 0.918. The molecule has 0 saturated heterocycles. The van der Waals surface area contributed by atoms with E-state index in [1.807, 2.05) is 0 Å². The predicted molar refractivity (Wildman–Crippen MR) is 83.4 cm³/mol. The van der Waals surface area contributed by atoms with Gasteiger partial charge in [-0.15, -0.1) is 0 Å². The molecule has 1 aliphatic rings. The number of carbonyl (C=O) groups is 1. The molecule has 1 N–H and O–H groups in total. The summed E-state index contributed by atoms with van der Waals surface area (Å²) in [5.74, 6) is -0.125. The molecule has 0 spiro atoms. The van der Waals surface area contributed by atoms with Crippen molar-refractivity contribution in [3.63, 3.8) is 0 Å². The Morgan fingerprint density at radius 1 is 1.23 bits per heavy atom. The first-order chi connectivity index (χ1) is 10.4. The molecule has 1 fully saturated rings. The van der Waals surface area contributed by atoms with Crippen molar-refractivity contribution in [2.45, 2.75) is 18.9 Å². The first-order valence-electron chi connectivity index (χ1n) is 6.89. The molecule has 0 bridgehead atoms. The van der Waals surface area contributed by atoms with Crippen LogP contribution in [-0.4, -0.2) is 26.6 Å². The number of furan rings is 1. The number of carbonyl (C=O) groups excluding carboxylic acids is 1. The van der Waals surface area contributed by atoms with Crippen molar-refractivity contribution in [2.75, 3.05) is 15.9 Å². The second-order valence-corrected chi connectivity index (χ2v) is 7.13. The molecule has 1 aromatic heterocycles. The van der Waals surface area contributed by atoms with E-state index in [1.54, 1.807) is 36.4 Å². The highest BCUT2D eigenvalue weighted by Gasteiger charge is 2.35. The van der Waals surface area contributed by atoms with Crippen LogP contribution in [0, 0.1) is 0 Å². The Bertz CT molecular complexity index is 762. The zero-order valence-electron chi connectivity index (χ0n) is 12.0. The third kappa shape index (κ3) is 3.14. The minimum absolute atomic E-state index is 0.0542. The fourth-order valence-corrected chi connectivity index (χ4v) is 3.53. The molecule has 0 unspecified atom stereocenters. The maximum atomic E-state index is 11.9. The Morgan fingerprint density at radius 2 is 1.91 bits per heavy atom. The highest BCUT2D eigenvalue weighted by molar-refractivity contribution is 7.92. The molecule has 1 aromatic carbocycles. The summed E-state index contributed by atoms with van der Waals surface area (Å²) in [6, 6.07) is 10.0. The molecule has 1 amide bonds. The third-order valence-corrected chi connectivity index (χ3v) is 4.58. The average molecular weight is 320 g/mol. The Balaban J connectivity index is 1.76. The third-order valence-electron chi connectivity index (χ3n) is 3.36. The minimum atomic E-state index is -3.30. The molecule has 22 heavy (non-hydrogen) atoms. The van der Waals surface area contributed by atoms with E-state index in [-0.39, 0.29) is 17.7 Å². The molecule has 0 atom stereocenters. The molecule has 3 rings (SSSR count). The van der Waals surface area contributed by atoms with Gasteiger partial charge in [-0.2, -0.15) is 0 Å². The van der Waals surface area contributed by atoms with Crippen LogP contribution in [-0.2, 0) is 10.0 Å². The van der Waals surface area contributed by atoms with Crippen molar-refractivity contribution in [1.82, 2.24) is 0 Å². The normalized spacial score (nSPS) is 14.6. The number of benzene rings is 1. The topological polar surface area (TPSA) is 79.6 Å². The van der Waals surface area contributed by atoms with Gasteiger partial charge in [0.1, 0.15) is 0 Å². The van der Waals surface area contributed by atoms with Crippen LogP contribution in [0.25, 0.3) is 0 Å². The van der Waals surface area contributed by atoms with Gasteiger partial charge in [-0.3, -0.25) is 9.10 Å². The lowest BCUT2D eigenvalue weighted by Gasteiger charge is -2.22. The van der Waals surface area contributed by atoms with Crippen LogP contribution >= 0.6 is 0 Å². The number of nitrogens with one attached hydrogen (secondary N) is 1. The van der Waals surface area contributed by atoms with Crippen molar-refractivity contribution in [1.29, 1.82) is 0 Å². The summed E-state index contributed by atoms with van der Waals surface area (Å²) in [5, 5.41) is 2.69. The van der Waals surface area contributed by atoms with Crippen LogP contribution < -0.4 is 9.62 Å². The smallest absolute Gasteiger partial charge is 0.291 e. The molecular formula is C15H16N2O4S. The van der Waals surface area contributed by atoms with Crippen LogP contribution in [0.4, 0.5) is 11.4 Å². The first-order valence-corrected chi connectivity index (χ1v) is 8.74. The summed E-state index contributed by atoms with van der Waals surface area (Å²) in [6.45, 7) is 0. The summed E-state index contributed by atoms with van der Waals surface area (Å²) < 4.78 is 30.2. The molecule has 0 radical (unpaired) electrons. The SMILES string of the molecule is CS(=O)(=O)N(c1ccc(NC(=O)c2ccco2)cc1)C1CC1. The molecule has 1 heterocycles. The summed E-state index contributed by atoms with van der Waals surface area (Å²) >= 11 is 0. The minimum Gasteiger partial charge on any atom is -0.459 e. The van der Waals surface area contributed by atoms with Gasteiger partial charge < -0.3 is 9.73 Å². The van der Waals surface area contributed by atoms with Gasteiger partial charge in [0, 0.05) is 11.7 Å². The highest BCUT2D eigenvalue weighted by atomic mass is 32.2. The van der Waals surface area contributed by atoms with E-state index >= 15 is 0 Å². The molecule has 6 nitrogen and oxygen atoms in total. The molecular weight excluding hydrogens is 304 g/mol. The number of anilines is 2. The van der Waals surface area contributed by atoms with Gasteiger partial charge in [-0.25, -0.2) is 8.42 Å². The van der Waals surface area contributed by atoms with E-state index < -0.39 is 10.0 Å². The highest BCUT2D eigenvalue weighted by Crippen LogP contribution is 2.34. The van der Waals surface area contributed by atoms with Crippen LogP contribution in [0.1, 0.15) is 23.4 Å². The number of amides is 1. The fourth-order valence-electron chi connectivity index (χ4n) is 2.27. The van der Waals surface area contributed by atoms with Gasteiger partial charge in [0.15, 0.2) is 5.76 Å². The summed E-state index contributed by atoms with van der Waals surface area (Å²) in [7, 11) is -3.30. The lowest BCUT2D eigenvalue weighted by atomic mass is 10.2. The van der Waals surface area contributed by atoms with Gasteiger partial charge in [0.2, 0.25) is 10.0 Å². The van der Waals surface area contributed by atoms with Crippen molar-refractivity contribution < 1.29 is 17.6 Å². The first kappa shape index (κ1) is 14.6. The largest absolute Gasteiger partial charge is 0.459 e. The molecule has 7 heteroatoms. The number of rotatable bonds is 5. The van der Waals surface area contributed by atoms with Gasteiger partial charge in [0.05, 0.1) is 18.2 Å². The van der Waals surface area contributed by atoms with E-state index in [1.165, 1.54) is 16.8 Å². The predicted octanol–water partition coefficient (Wildman–Crippen LogP) is 2.46. The molecule has 0 aliphatic heterocycles. The van der Waals surface area contributed by atoms with Crippen molar-refractivity contribution >= 4 is 27.3 Å². The zero-order valence-corrected chi connectivity index (χ0v) is 12.8. The summed E-state index contributed by atoms with van der Waals surface area (Å²) in [5.41, 5.74) is 1.19. The maximum Gasteiger partial charge on any atom is 0.291 e. The number of sulfonamides is 1. The molecule has 1 aliphatic carbocycles. The molecule has 2 aromatic rings. The Kier molecular flexibility index (Phi) is 3.66. The van der Waals surface area contributed by atoms with Crippen LogP contribution in [0.2, 0.25) is 0 Å². The monoisotopic (exact) mass is 320 g/mol. The van der Waals surface area contributed by atoms with Crippen LogP contribution in [0.3, 0.4) is 0 Å². The van der Waals surface area contributed by atoms with Gasteiger partial charge >= 0.3 is 0 Å². The number of hydrogen-bond acceptors (Lipinski definition) is 4. The molecule has 1 saturated carbocycles. The Hall–Kier alpha value is -2.28. The average Bonchev–Trinajstić information content (AvgIpc) is 3.11. The van der Waals surface area contributed by atoms with Gasteiger partial charge in [-0.1, -0.05) is 0 Å². The van der Waals surface area contributed by atoms with Gasteiger partial charge in [-0.05, 0) is 49.2 Å². The number of nitrogens with zero attached hydrogens (tertiary/aromatic N) is 1. The second kappa shape index (κ2) is 5.49. The van der Waals surface area contributed by atoms with Crippen molar-refractivity contribution in [3.8, 4) is 0 Å². The number of hydrogen-bond donors (Lipinski definition) is 1. The molecule has 116 valence electrons. The Labute approximate surface area is 128 Å². The van der Waals surface area contributed by atoms with E-state index in [0.717, 1.165) is 12.8 Å². The lowest BCUT2D eigenvalue weighted by molar-refractivity contribution is 0.0996. The maximum absolute atomic E-state index is 11.9. The zero-order chi connectivity index (χ0) is 15.7. The Morgan fingerprint density at radius 3 is 2.41 bits per heavy atom. The van der Waals surface area contributed by atoms with E-state index in [9.17, 15) is 13.2 Å². The lowest BCUT2D eigenvalue weighted by Crippen LogP contribution is -2.31. The van der Waals surface area contributed by atoms with Crippen molar-refractivity contribution in [3.05, 3.63) is 48.4 Å². The summed E-state index contributed by atoms with van der Waals surface area (Å²) in [6.07, 6.45) is 4.39. The van der Waals surface area contributed by atoms with Gasteiger partial charge in [0.25, 0.3) is 5.91 Å².